The van der Waals surface area contributed by atoms with E-state index in [4.69, 9.17) is 14.2 Å². The monoisotopic (exact) mass is 550 g/mol. The third-order valence-electron chi connectivity index (χ3n) is 6.42. The molecule has 7 nitrogen and oxygen atoms in total. The zero-order chi connectivity index (χ0) is 28.9. The summed E-state index contributed by atoms with van der Waals surface area (Å²) in [6, 6.07) is 33.1. The van der Waals surface area contributed by atoms with E-state index in [0.29, 0.717) is 18.1 Å². The van der Waals surface area contributed by atoms with Gasteiger partial charge >= 0.3 is 0 Å². The SMILES string of the molecule is COc1ccc(/C=C/C(=O)NC(COCc2ccccc2)C(=O)NC(c2ccccc2)c2ccccc2)cc1OC. The highest BCUT2D eigenvalue weighted by molar-refractivity contribution is 5.95. The van der Waals surface area contributed by atoms with E-state index < -0.39 is 18.0 Å². The highest BCUT2D eigenvalue weighted by atomic mass is 16.5. The van der Waals surface area contributed by atoms with E-state index in [0.717, 1.165) is 22.3 Å². The largest absolute Gasteiger partial charge is 0.493 e. The lowest BCUT2D eigenvalue weighted by Crippen LogP contribution is -2.50. The summed E-state index contributed by atoms with van der Waals surface area (Å²) < 4.78 is 16.5. The molecule has 2 N–H and O–H groups in total. The number of carbonyl (C=O) groups excluding carboxylic acids is 2. The predicted octanol–water partition coefficient (Wildman–Crippen LogP) is 5.32. The van der Waals surface area contributed by atoms with Gasteiger partial charge in [-0.3, -0.25) is 9.59 Å². The molecule has 210 valence electrons. The van der Waals surface area contributed by atoms with Crippen LogP contribution in [0.5, 0.6) is 11.5 Å². The lowest BCUT2D eigenvalue weighted by atomic mass is 9.98. The summed E-state index contributed by atoms with van der Waals surface area (Å²) in [4.78, 5) is 26.6. The predicted molar refractivity (Wildman–Crippen MR) is 159 cm³/mol. The quantitative estimate of drug-likeness (QED) is 0.220. The van der Waals surface area contributed by atoms with Crippen LogP contribution in [0.3, 0.4) is 0 Å². The van der Waals surface area contributed by atoms with Gasteiger partial charge in [0.1, 0.15) is 6.04 Å². The summed E-state index contributed by atoms with van der Waals surface area (Å²) in [7, 11) is 3.11. The Labute approximate surface area is 240 Å². The van der Waals surface area contributed by atoms with Crippen LogP contribution in [0.1, 0.15) is 28.3 Å². The normalized spacial score (nSPS) is 11.7. The number of amides is 2. The molecule has 4 aromatic carbocycles. The summed E-state index contributed by atoms with van der Waals surface area (Å²) in [5.74, 6) is 0.352. The summed E-state index contributed by atoms with van der Waals surface area (Å²) >= 11 is 0. The molecule has 1 unspecified atom stereocenters. The minimum atomic E-state index is -0.934. The van der Waals surface area contributed by atoms with E-state index in [-0.39, 0.29) is 12.5 Å². The Morgan fingerprint density at radius 3 is 1.90 bits per heavy atom. The maximum absolute atomic E-state index is 13.6. The van der Waals surface area contributed by atoms with Crippen LogP contribution in [-0.4, -0.2) is 38.7 Å². The third-order valence-corrected chi connectivity index (χ3v) is 6.42. The molecule has 2 amide bonds. The second-order valence-electron chi connectivity index (χ2n) is 9.27. The summed E-state index contributed by atoms with van der Waals surface area (Å²) in [5.41, 5.74) is 3.57. The van der Waals surface area contributed by atoms with Crippen molar-refractivity contribution >= 4 is 17.9 Å². The van der Waals surface area contributed by atoms with E-state index in [1.807, 2.05) is 97.1 Å². The minimum absolute atomic E-state index is 0.00698. The number of ether oxygens (including phenoxy) is 3. The smallest absolute Gasteiger partial charge is 0.245 e. The van der Waals surface area contributed by atoms with Gasteiger partial charge in [-0.1, -0.05) is 97.1 Å². The molecule has 0 aromatic heterocycles. The second-order valence-corrected chi connectivity index (χ2v) is 9.27. The molecular formula is C34H34N2O5. The minimum Gasteiger partial charge on any atom is -0.493 e. The van der Waals surface area contributed by atoms with Crippen LogP contribution in [0, 0.1) is 0 Å². The van der Waals surface area contributed by atoms with Crippen LogP contribution in [0.2, 0.25) is 0 Å². The first-order valence-corrected chi connectivity index (χ1v) is 13.3. The van der Waals surface area contributed by atoms with Crippen molar-refractivity contribution in [3.05, 3.63) is 138 Å². The number of carbonyl (C=O) groups is 2. The third kappa shape index (κ3) is 8.55. The average Bonchev–Trinajstić information content (AvgIpc) is 3.03. The van der Waals surface area contributed by atoms with E-state index in [1.54, 1.807) is 32.4 Å². The zero-order valence-corrected chi connectivity index (χ0v) is 23.2. The maximum atomic E-state index is 13.6. The highest BCUT2D eigenvalue weighted by Crippen LogP contribution is 2.28. The Morgan fingerprint density at radius 1 is 0.732 bits per heavy atom. The van der Waals surface area contributed by atoms with Crippen molar-refractivity contribution in [2.45, 2.75) is 18.7 Å². The van der Waals surface area contributed by atoms with Crippen molar-refractivity contribution in [3.63, 3.8) is 0 Å². The number of hydrogen-bond donors (Lipinski definition) is 2. The van der Waals surface area contributed by atoms with Crippen molar-refractivity contribution in [1.29, 1.82) is 0 Å². The lowest BCUT2D eigenvalue weighted by Gasteiger charge is -2.24. The van der Waals surface area contributed by atoms with Gasteiger partial charge in [0.05, 0.1) is 33.5 Å². The molecule has 4 rings (SSSR count). The first-order chi connectivity index (χ1) is 20.1. The van der Waals surface area contributed by atoms with Gasteiger partial charge in [-0.15, -0.1) is 0 Å². The zero-order valence-electron chi connectivity index (χ0n) is 23.2. The maximum Gasteiger partial charge on any atom is 0.245 e. The first kappa shape index (κ1) is 29.1. The molecule has 4 aromatic rings. The molecule has 0 spiro atoms. The van der Waals surface area contributed by atoms with Gasteiger partial charge < -0.3 is 24.8 Å². The average molecular weight is 551 g/mol. The number of nitrogens with one attached hydrogen (secondary N) is 2. The number of benzene rings is 4. The Balaban J connectivity index is 1.51. The number of rotatable bonds is 13. The summed E-state index contributed by atoms with van der Waals surface area (Å²) in [6.07, 6.45) is 3.03. The molecule has 0 saturated heterocycles. The van der Waals surface area contributed by atoms with Crippen LogP contribution in [-0.2, 0) is 20.9 Å². The first-order valence-electron chi connectivity index (χ1n) is 13.3. The van der Waals surface area contributed by atoms with Gasteiger partial charge in [-0.25, -0.2) is 0 Å². The van der Waals surface area contributed by atoms with Crippen molar-refractivity contribution in [2.75, 3.05) is 20.8 Å². The fraction of sp³-hybridized carbons (Fsp3) is 0.176. The standard InChI is InChI=1S/C34H34N2O5/c1-39-30-20-18-25(22-31(30)40-2)19-21-32(37)35-29(24-41-23-26-12-6-3-7-13-26)34(38)36-33(27-14-8-4-9-15-27)28-16-10-5-11-17-28/h3-22,29,33H,23-24H2,1-2H3,(H,35,37)(H,36,38)/b21-19+. The van der Waals surface area contributed by atoms with Gasteiger partial charge in [0.2, 0.25) is 11.8 Å². The Morgan fingerprint density at radius 2 is 1.32 bits per heavy atom. The van der Waals surface area contributed by atoms with Gasteiger partial charge in [-0.05, 0) is 40.5 Å². The molecule has 0 aliphatic heterocycles. The van der Waals surface area contributed by atoms with E-state index in [9.17, 15) is 9.59 Å². The van der Waals surface area contributed by atoms with Crippen molar-refractivity contribution in [2.24, 2.45) is 0 Å². The summed E-state index contributed by atoms with van der Waals surface area (Å²) in [6.45, 7) is 0.301. The molecule has 7 heteroatoms. The van der Waals surface area contributed by atoms with Crippen LogP contribution in [0.4, 0.5) is 0 Å². The molecule has 0 saturated carbocycles. The molecule has 41 heavy (non-hydrogen) atoms. The van der Waals surface area contributed by atoms with Crippen molar-refractivity contribution < 1.29 is 23.8 Å². The second kappa shape index (κ2) is 15.1. The highest BCUT2D eigenvalue weighted by Gasteiger charge is 2.25. The number of hydrogen-bond acceptors (Lipinski definition) is 5. The molecule has 0 fully saturated rings. The van der Waals surface area contributed by atoms with Gasteiger partial charge in [0.25, 0.3) is 0 Å². The molecule has 0 bridgehead atoms. The van der Waals surface area contributed by atoms with Gasteiger partial charge in [0.15, 0.2) is 11.5 Å². The van der Waals surface area contributed by atoms with Crippen LogP contribution < -0.4 is 20.1 Å². The fourth-order valence-corrected chi connectivity index (χ4v) is 4.29. The Bertz CT molecular complexity index is 1390. The molecule has 0 heterocycles. The van der Waals surface area contributed by atoms with Gasteiger partial charge in [-0.2, -0.15) is 0 Å². The van der Waals surface area contributed by atoms with Crippen molar-refractivity contribution in [1.82, 2.24) is 10.6 Å². The lowest BCUT2D eigenvalue weighted by molar-refractivity contribution is -0.129. The molecule has 0 radical (unpaired) electrons. The number of methoxy groups -OCH3 is 2. The van der Waals surface area contributed by atoms with E-state index in [2.05, 4.69) is 10.6 Å². The van der Waals surface area contributed by atoms with Gasteiger partial charge in [0, 0.05) is 6.08 Å². The Hall–Kier alpha value is -4.88. The Kier molecular flexibility index (Phi) is 10.7. The van der Waals surface area contributed by atoms with Crippen LogP contribution in [0.15, 0.2) is 115 Å². The van der Waals surface area contributed by atoms with E-state index >= 15 is 0 Å². The summed E-state index contributed by atoms with van der Waals surface area (Å²) in [5, 5.41) is 5.93. The molecule has 1 atom stereocenters. The molecule has 0 aliphatic rings. The topological polar surface area (TPSA) is 85.9 Å². The van der Waals surface area contributed by atoms with Crippen molar-refractivity contribution in [3.8, 4) is 11.5 Å². The molecule has 0 aliphatic carbocycles. The molecular weight excluding hydrogens is 516 g/mol. The fourth-order valence-electron chi connectivity index (χ4n) is 4.29. The van der Waals surface area contributed by atoms with E-state index in [1.165, 1.54) is 6.08 Å². The van der Waals surface area contributed by atoms with Crippen LogP contribution >= 0.6 is 0 Å². The van der Waals surface area contributed by atoms with Crippen LogP contribution in [0.25, 0.3) is 6.08 Å².